The minimum atomic E-state index is -0.379. The van der Waals surface area contributed by atoms with E-state index in [2.05, 4.69) is 10.6 Å². The zero-order valence-electron chi connectivity index (χ0n) is 11.6. The Morgan fingerprint density at radius 3 is 2.85 bits per heavy atom. The van der Waals surface area contributed by atoms with Gasteiger partial charge in [-0.05, 0) is 50.4 Å². The Kier molecular flexibility index (Phi) is 5.12. The molecule has 1 aromatic carbocycles. The lowest BCUT2D eigenvalue weighted by Crippen LogP contribution is -2.29. The van der Waals surface area contributed by atoms with Crippen LogP contribution in [0.4, 0.5) is 5.69 Å². The molecule has 5 heteroatoms. The van der Waals surface area contributed by atoms with Gasteiger partial charge in [0.05, 0.1) is 18.7 Å². The van der Waals surface area contributed by atoms with Crippen molar-refractivity contribution in [2.75, 3.05) is 25.0 Å². The van der Waals surface area contributed by atoms with Gasteiger partial charge in [-0.3, -0.25) is 4.79 Å². The van der Waals surface area contributed by atoms with E-state index in [1.807, 2.05) is 0 Å². The maximum absolute atomic E-state index is 11.7. The molecule has 0 bridgehead atoms. The number of carbonyl (C=O) groups excluding carboxylic acids is 2. The van der Waals surface area contributed by atoms with Gasteiger partial charge in [-0.25, -0.2) is 4.79 Å². The fraction of sp³-hybridized carbons (Fsp3) is 0.467. The highest BCUT2D eigenvalue weighted by Crippen LogP contribution is 2.27. The minimum absolute atomic E-state index is 0.105. The predicted molar refractivity (Wildman–Crippen MR) is 76.6 cm³/mol. The average Bonchev–Trinajstić information content (AvgIpc) is 3.23. The SMILES string of the molecule is CCOC(=O)c1cccc(NC(=O)CNCC2CC2)c1. The molecule has 1 amide bonds. The number of nitrogens with one attached hydrogen (secondary N) is 2. The van der Waals surface area contributed by atoms with Gasteiger partial charge in [-0.1, -0.05) is 6.07 Å². The normalized spacial score (nSPS) is 13.8. The molecule has 0 radical (unpaired) electrons. The van der Waals surface area contributed by atoms with E-state index in [0.29, 0.717) is 24.4 Å². The fourth-order valence-electron chi connectivity index (χ4n) is 1.86. The van der Waals surface area contributed by atoms with Gasteiger partial charge in [-0.15, -0.1) is 0 Å². The molecule has 2 N–H and O–H groups in total. The summed E-state index contributed by atoms with van der Waals surface area (Å²) < 4.78 is 4.92. The smallest absolute Gasteiger partial charge is 0.338 e. The molecule has 0 unspecified atom stereocenters. The second-order valence-corrected chi connectivity index (χ2v) is 4.92. The van der Waals surface area contributed by atoms with Gasteiger partial charge >= 0.3 is 5.97 Å². The van der Waals surface area contributed by atoms with Crippen molar-refractivity contribution in [2.45, 2.75) is 19.8 Å². The van der Waals surface area contributed by atoms with E-state index in [-0.39, 0.29) is 11.9 Å². The maximum Gasteiger partial charge on any atom is 0.338 e. The molecule has 20 heavy (non-hydrogen) atoms. The van der Waals surface area contributed by atoms with Crippen molar-refractivity contribution in [3.8, 4) is 0 Å². The zero-order chi connectivity index (χ0) is 14.4. The second-order valence-electron chi connectivity index (χ2n) is 4.92. The summed E-state index contributed by atoms with van der Waals surface area (Å²) in [4.78, 5) is 23.3. The summed E-state index contributed by atoms with van der Waals surface area (Å²) >= 11 is 0. The van der Waals surface area contributed by atoms with Crippen LogP contribution in [-0.2, 0) is 9.53 Å². The van der Waals surface area contributed by atoms with E-state index in [0.717, 1.165) is 12.5 Å². The number of rotatable bonds is 7. The van der Waals surface area contributed by atoms with Crippen LogP contribution in [0.3, 0.4) is 0 Å². The Morgan fingerprint density at radius 2 is 2.15 bits per heavy atom. The lowest BCUT2D eigenvalue weighted by molar-refractivity contribution is -0.115. The molecule has 1 aromatic rings. The molecule has 0 heterocycles. The predicted octanol–water partition coefficient (Wildman–Crippen LogP) is 1.80. The second kappa shape index (κ2) is 7.05. The molecule has 5 nitrogen and oxygen atoms in total. The summed E-state index contributed by atoms with van der Waals surface area (Å²) in [5.74, 6) is 0.261. The van der Waals surface area contributed by atoms with Gasteiger partial charge in [0.15, 0.2) is 0 Å². The average molecular weight is 276 g/mol. The molecule has 1 aliphatic carbocycles. The molecule has 108 valence electrons. The van der Waals surface area contributed by atoms with Crippen LogP contribution >= 0.6 is 0 Å². The first-order chi connectivity index (χ1) is 9.69. The molecule has 0 spiro atoms. The molecule has 0 atom stereocenters. The summed E-state index contributed by atoms with van der Waals surface area (Å²) in [6, 6.07) is 6.76. The van der Waals surface area contributed by atoms with E-state index < -0.39 is 0 Å². The maximum atomic E-state index is 11.7. The van der Waals surface area contributed by atoms with Crippen molar-refractivity contribution in [1.82, 2.24) is 5.32 Å². The Balaban J connectivity index is 1.83. The number of amides is 1. The minimum Gasteiger partial charge on any atom is -0.462 e. The van der Waals surface area contributed by atoms with Crippen molar-refractivity contribution in [2.24, 2.45) is 5.92 Å². The van der Waals surface area contributed by atoms with Gasteiger partial charge in [-0.2, -0.15) is 0 Å². The number of anilines is 1. The Labute approximate surface area is 118 Å². The lowest BCUT2D eigenvalue weighted by Gasteiger charge is -2.08. The third kappa shape index (κ3) is 4.66. The van der Waals surface area contributed by atoms with Crippen LogP contribution in [0.2, 0.25) is 0 Å². The Morgan fingerprint density at radius 1 is 1.35 bits per heavy atom. The molecule has 2 rings (SSSR count). The molecule has 1 fully saturated rings. The van der Waals surface area contributed by atoms with E-state index >= 15 is 0 Å². The number of hydrogen-bond acceptors (Lipinski definition) is 4. The van der Waals surface area contributed by atoms with Crippen LogP contribution in [0.5, 0.6) is 0 Å². The highest BCUT2D eigenvalue weighted by Gasteiger charge is 2.20. The third-order valence-corrected chi connectivity index (χ3v) is 3.07. The van der Waals surface area contributed by atoms with E-state index in [1.54, 1.807) is 31.2 Å². The standard InChI is InChI=1S/C15H20N2O3/c1-2-20-15(19)12-4-3-5-13(8-12)17-14(18)10-16-9-11-6-7-11/h3-5,8,11,16H,2,6-7,9-10H2,1H3,(H,17,18). The van der Waals surface area contributed by atoms with Gasteiger partial charge in [0.1, 0.15) is 0 Å². The summed E-state index contributed by atoms with van der Waals surface area (Å²) in [6.45, 7) is 3.28. The molecule has 1 aliphatic rings. The number of esters is 1. The van der Waals surface area contributed by atoms with Crippen LogP contribution in [-0.4, -0.2) is 31.6 Å². The number of carbonyl (C=O) groups is 2. The van der Waals surface area contributed by atoms with Crippen LogP contribution in [0.15, 0.2) is 24.3 Å². The molecule has 0 aromatic heterocycles. The van der Waals surface area contributed by atoms with Crippen LogP contribution < -0.4 is 10.6 Å². The summed E-state index contributed by atoms with van der Waals surface area (Å²) in [5.41, 5.74) is 1.05. The first kappa shape index (κ1) is 14.5. The zero-order valence-corrected chi connectivity index (χ0v) is 11.6. The van der Waals surface area contributed by atoms with Crippen molar-refractivity contribution in [1.29, 1.82) is 0 Å². The summed E-state index contributed by atoms with van der Waals surface area (Å²) in [6.07, 6.45) is 2.52. The highest BCUT2D eigenvalue weighted by molar-refractivity contribution is 5.95. The summed E-state index contributed by atoms with van der Waals surface area (Å²) in [5, 5.41) is 5.89. The van der Waals surface area contributed by atoms with Crippen LogP contribution in [0.1, 0.15) is 30.1 Å². The third-order valence-electron chi connectivity index (χ3n) is 3.07. The van der Waals surface area contributed by atoms with Gasteiger partial charge in [0.25, 0.3) is 0 Å². The molecule has 0 saturated heterocycles. The fourth-order valence-corrected chi connectivity index (χ4v) is 1.86. The molecular weight excluding hydrogens is 256 g/mol. The lowest BCUT2D eigenvalue weighted by atomic mass is 10.2. The van der Waals surface area contributed by atoms with Crippen molar-refractivity contribution < 1.29 is 14.3 Å². The van der Waals surface area contributed by atoms with Crippen molar-refractivity contribution in [3.05, 3.63) is 29.8 Å². The van der Waals surface area contributed by atoms with Crippen LogP contribution in [0.25, 0.3) is 0 Å². The highest BCUT2D eigenvalue weighted by atomic mass is 16.5. The number of ether oxygens (including phenoxy) is 1. The number of hydrogen-bond donors (Lipinski definition) is 2. The van der Waals surface area contributed by atoms with Crippen LogP contribution in [0, 0.1) is 5.92 Å². The van der Waals surface area contributed by atoms with Gasteiger partial charge in [0.2, 0.25) is 5.91 Å². The number of benzene rings is 1. The van der Waals surface area contributed by atoms with E-state index in [4.69, 9.17) is 4.74 Å². The first-order valence-corrected chi connectivity index (χ1v) is 6.96. The first-order valence-electron chi connectivity index (χ1n) is 6.96. The Hall–Kier alpha value is -1.88. The molecular formula is C15H20N2O3. The van der Waals surface area contributed by atoms with Gasteiger partial charge < -0.3 is 15.4 Å². The molecule has 1 saturated carbocycles. The largest absolute Gasteiger partial charge is 0.462 e. The van der Waals surface area contributed by atoms with Crippen molar-refractivity contribution >= 4 is 17.6 Å². The van der Waals surface area contributed by atoms with Gasteiger partial charge in [0, 0.05) is 5.69 Å². The monoisotopic (exact) mass is 276 g/mol. The van der Waals surface area contributed by atoms with E-state index in [9.17, 15) is 9.59 Å². The topological polar surface area (TPSA) is 67.4 Å². The van der Waals surface area contributed by atoms with Crippen molar-refractivity contribution in [3.63, 3.8) is 0 Å². The Bertz CT molecular complexity index is 484. The molecule has 0 aliphatic heterocycles. The summed E-state index contributed by atoms with van der Waals surface area (Å²) in [7, 11) is 0. The quantitative estimate of drug-likeness (QED) is 0.745. The van der Waals surface area contributed by atoms with E-state index in [1.165, 1.54) is 12.8 Å².